The number of hydrogen-bond donors (Lipinski definition) is 1. The topological polar surface area (TPSA) is 66.5 Å². The van der Waals surface area contributed by atoms with E-state index in [4.69, 9.17) is 0 Å². The van der Waals surface area contributed by atoms with E-state index >= 15 is 0 Å². The van der Waals surface area contributed by atoms with Crippen LogP contribution in [0, 0.1) is 0 Å². The van der Waals surface area contributed by atoms with E-state index in [-0.39, 0.29) is 30.7 Å². The highest BCUT2D eigenvalue weighted by atomic mass is 79.9. The molecule has 6 heteroatoms. The zero-order valence-electron chi connectivity index (χ0n) is 14.6. The molecule has 134 valence electrons. The van der Waals surface area contributed by atoms with Crippen molar-refractivity contribution in [2.45, 2.75) is 26.2 Å². The van der Waals surface area contributed by atoms with Crippen LogP contribution < -0.4 is 5.32 Å². The summed E-state index contributed by atoms with van der Waals surface area (Å²) in [7, 11) is 0. The van der Waals surface area contributed by atoms with Crippen molar-refractivity contribution < 1.29 is 14.4 Å². The summed E-state index contributed by atoms with van der Waals surface area (Å²) >= 11 is 3.30. The summed E-state index contributed by atoms with van der Waals surface area (Å²) in [6.45, 7) is 4.27. The van der Waals surface area contributed by atoms with Crippen LogP contribution in [-0.4, -0.2) is 29.2 Å². The molecule has 1 N–H and O–H groups in total. The Kier molecular flexibility index (Phi) is 5.23. The van der Waals surface area contributed by atoms with Crippen LogP contribution in [0.3, 0.4) is 0 Å². The van der Waals surface area contributed by atoms with Crippen molar-refractivity contribution in [1.82, 2.24) is 4.90 Å². The minimum Gasteiger partial charge on any atom is -0.326 e. The second-order valence-corrected chi connectivity index (χ2v) is 7.44. The molecular weight excluding hydrogens is 396 g/mol. The fraction of sp³-hybridized carbons (Fsp3) is 0.250. The number of halogens is 1. The maximum absolute atomic E-state index is 12.4. The smallest absolute Gasteiger partial charge is 0.261 e. The summed E-state index contributed by atoms with van der Waals surface area (Å²) in [4.78, 5) is 38.0. The lowest BCUT2D eigenvalue weighted by Gasteiger charge is -2.14. The van der Waals surface area contributed by atoms with Gasteiger partial charge in [0.2, 0.25) is 5.91 Å². The molecular formula is C20H19BrN2O3. The summed E-state index contributed by atoms with van der Waals surface area (Å²) in [6.07, 6.45) is 0.0541. The standard InChI is InChI=1S/C20H19BrN2O3/c1-12(2)13-3-6-15(7-4-13)22-18(24)9-10-23-19(25)16-8-5-14(21)11-17(16)20(23)26/h3-8,11-12H,9-10H2,1-2H3,(H,22,24). The Balaban J connectivity index is 1.60. The largest absolute Gasteiger partial charge is 0.326 e. The second kappa shape index (κ2) is 7.41. The van der Waals surface area contributed by atoms with E-state index in [2.05, 4.69) is 35.1 Å². The van der Waals surface area contributed by atoms with E-state index in [1.54, 1.807) is 18.2 Å². The maximum Gasteiger partial charge on any atom is 0.261 e. The average Bonchev–Trinajstić information content (AvgIpc) is 2.84. The molecule has 0 spiro atoms. The van der Waals surface area contributed by atoms with Crippen LogP contribution in [0.2, 0.25) is 0 Å². The van der Waals surface area contributed by atoms with Gasteiger partial charge in [0.15, 0.2) is 0 Å². The predicted molar refractivity (Wildman–Crippen MR) is 103 cm³/mol. The molecule has 0 saturated carbocycles. The molecule has 0 atom stereocenters. The first-order chi connectivity index (χ1) is 12.4. The fourth-order valence-corrected chi connectivity index (χ4v) is 3.22. The molecule has 1 aliphatic heterocycles. The number of benzene rings is 2. The number of anilines is 1. The molecule has 26 heavy (non-hydrogen) atoms. The number of amides is 3. The highest BCUT2D eigenvalue weighted by molar-refractivity contribution is 9.10. The molecule has 3 amide bonds. The number of nitrogens with zero attached hydrogens (tertiary/aromatic N) is 1. The molecule has 1 heterocycles. The third kappa shape index (κ3) is 3.70. The zero-order valence-corrected chi connectivity index (χ0v) is 16.2. The summed E-state index contributed by atoms with van der Waals surface area (Å²) < 4.78 is 0.738. The van der Waals surface area contributed by atoms with Gasteiger partial charge < -0.3 is 5.32 Å². The Morgan fingerprint density at radius 1 is 1.04 bits per heavy atom. The van der Waals surface area contributed by atoms with Gasteiger partial charge >= 0.3 is 0 Å². The van der Waals surface area contributed by atoms with E-state index in [0.717, 1.165) is 9.37 Å². The third-order valence-corrected chi connectivity index (χ3v) is 4.85. The normalized spacial score (nSPS) is 13.3. The number of imide groups is 1. The van der Waals surface area contributed by atoms with Crippen LogP contribution >= 0.6 is 15.9 Å². The molecule has 0 radical (unpaired) electrons. The van der Waals surface area contributed by atoms with Crippen LogP contribution in [0.5, 0.6) is 0 Å². The molecule has 0 aromatic heterocycles. The molecule has 0 unspecified atom stereocenters. The predicted octanol–water partition coefficient (Wildman–Crippen LogP) is 4.20. The summed E-state index contributed by atoms with van der Waals surface area (Å²) in [6, 6.07) is 12.6. The number of hydrogen-bond acceptors (Lipinski definition) is 3. The fourth-order valence-electron chi connectivity index (χ4n) is 2.85. The molecule has 3 rings (SSSR count). The third-order valence-electron chi connectivity index (χ3n) is 4.36. The lowest BCUT2D eigenvalue weighted by molar-refractivity contribution is -0.116. The molecule has 0 fully saturated rings. The van der Waals surface area contributed by atoms with Crippen LogP contribution in [0.15, 0.2) is 46.9 Å². The average molecular weight is 415 g/mol. The summed E-state index contributed by atoms with van der Waals surface area (Å²) in [5, 5.41) is 2.80. The first kappa shape index (κ1) is 18.3. The van der Waals surface area contributed by atoms with E-state index in [0.29, 0.717) is 22.7 Å². The first-order valence-corrected chi connectivity index (χ1v) is 9.21. The molecule has 1 aliphatic rings. The van der Waals surface area contributed by atoms with E-state index in [9.17, 15) is 14.4 Å². The zero-order chi connectivity index (χ0) is 18.8. The van der Waals surface area contributed by atoms with Gasteiger partial charge in [-0.15, -0.1) is 0 Å². The Morgan fingerprint density at radius 3 is 2.35 bits per heavy atom. The molecule has 0 aliphatic carbocycles. The highest BCUT2D eigenvalue weighted by Gasteiger charge is 2.35. The molecule has 2 aromatic rings. The van der Waals surface area contributed by atoms with Crippen LogP contribution in [0.25, 0.3) is 0 Å². The lowest BCUT2D eigenvalue weighted by Crippen LogP contribution is -2.32. The Labute approximate surface area is 160 Å². The molecule has 2 aromatic carbocycles. The lowest BCUT2D eigenvalue weighted by atomic mass is 10.0. The van der Waals surface area contributed by atoms with Gasteiger partial charge in [0, 0.05) is 23.1 Å². The van der Waals surface area contributed by atoms with Gasteiger partial charge in [-0.05, 0) is 41.8 Å². The van der Waals surface area contributed by atoms with Crippen molar-refractivity contribution in [1.29, 1.82) is 0 Å². The second-order valence-electron chi connectivity index (χ2n) is 6.53. The van der Waals surface area contributed by atoms with Crippen LogP contribution in [0.4, 0.5) is 5.69 Å². The van der Waals surface area contributed by atoms with Gasteiger partial charge in [-0.2, -0.15) is 0 Å². The molecule has 5 nitrogen and oxygen atoms in total. The van der Waals surface area contributed by atoms with Crippen molar-refractivity contribution >= 4 is 39.3 Å². The van der Waals surface area contributed by atoms with E-state index in [1.807, 2.05) is 24.3 Å². The van der Waals surface area contributed by atoms with E-state index < -0.39 is 0 Å². The Bertz CT molecular complexity index is 875. The summed E-state index contributed by atoms with van der Waals surface area (Å²) in [5.41, 5.74) is 2.64. The molecule has 0 saturated heterocycles. The number of nitrogens with one attached hydrogen (secondary N) is 1. The number of carbonyl (C=O) groups is 3. The first-order valence-electron chi connectivity index (χ1n) is 8.42. The van der Waals surface area contributed by atoms with E-state index in [1.165, 1.54) is 5.56 Å². The number of fused-ring (bicyclic) bond motifs is 1. The summed E-state index contributed by atoms with van der Waals surface area (Å²) in [5.74, 6) is -0.527. The van der Waals surface area contributed by atoms with Gasteiger partial charge in [0.25, 0.3) is 11.8 Å². The van der Waals surface area contributed by atoms with Crippen LogP contribution in [0.1, 0.15) is 52.5 Å². The monoisotopic (exact) mass is 414 g/mol. The van der Waals surface area contributed by atoms with Crippen molar-refractivity contribution in [2.24, 2.45) is 0 Å². The minimum absolute atomic E-state index is 0.0541. The van der Waals surface area contributed by atoms with Gasteiger partial charge in [-0.25, -0.2) is 0 Å². The number of carbonyl (C=O) groups excluding carboxylic acids is 3. The van der Waals surface area contributed by atoms with Crippen molar-refractivity contribution in [3.8, 4) is 0 Å². The quantitative estimate of drug-likeness (QED) is 0.745. The van der Waals surface area contributed by atoms with Crippen LogP contribution in [-0.2, 0) is 4.79 Å². The maximum atomic E-state index is 12.4. The van der Waals surface area contributed by atoms with Gasteiger partial charge in [0.1, 0.15) is 0 Å². The van der Waals surface area contributed by atoms with Gasteiger partial charge in [-0.3, -0.25) is 19.3 Å². The van der Waals surface area contributed by atoms with Gasteiger partial charge in [-0.1, -0.05) is 41.9 Å². The number of rotatable bonds is 5. The SMILES string of the molecule is CC(C)c1ccc(NC(=O)CCN2C(=O)c3ccc(Br)cc3C2=O)cc1. The van der Waals surface area contributed by atoms with Crippen molar-refractivity contribution in [3.05, 3.63) is 63.6 Å². The van der Waals surface area contributed by atoms with Gasteiger partial charge in [0.05, 0.1) is 11.1 Å². The Morgan fingerprint density at radius 2 is 1.69 bits per heavy atom. The van der Waals surface area contributed by atoms with Crippen molar-refractivity contribution in [3.63, 3.8) is 0 Å². The Hall–Kier alpha value is -2.47. The van der Waals surface area contributed by atoms with Crippen molar-refractivity contribution in [2.75, 3.05) is 11.9 Å². The highest BCUT2D eigenvalue weighted by Crippen LogP contribution is 2.26. The molecule has 0 bridgehead atoms. The minimum atomic E-state index is -0.361.